The van der Waals surface area contributed by atoms with Crippen LogP contribution in [0.2, 0.25) is 0 Å². The maximum absolute atomic E-state index is 12.1. The summed E-state index contributed by atoms with van der Waals surface area (Å²) in [7, 11) is -3.52. The number of ether oxygens (including phenoxy) is 1. The fourth-order valence-corrected chi connectivity index (χ4v) is 3.13. The van der Waals surface area contributed by atoms with Crippen LogP contribution in [0.5, 0.6) is 0 Å². The molecule has 0 saturated heterocycles. The van der Waals surface area contributed by atoms with E-state index in [0.29, 0.717) is 6.61 Å². The minimum atomic E-state index is -3.52. The second-order valence-electron chi connectivity index (χ2n) is 4.17. The van der Waals surface area contributed by atoms with E-state index >= 15 is 0 Å². The fraction of sp³-hybridized carbons (Fsp3) is 0.462. The number of carbonyl (C=O) groups is 1. The van der Waals surface area contributed by atoms with Crippen LogP contribution in [-0.2, 0) is 14.6 Å². The summed E-state index contributed by atoms with van der Waals surface area (Å²) in [5, 5.41) is 8.98. The Morgan fingerprint density at radius 1 is 1.32 bits per heavy atom. The largest absolute Gasteiger partial charge is 0.478 e. The lowest BCUT2D eigenvalue weighted by Gasteiger charge is -2.10. The van der Waals surface area contributed by atoms with Crippen LogP contribution in [0.25, 0.3) is 0 Å². The molecule has 0 aliphatic heterocycles. The van der Waals surface area contributed by atoms with Gasteiger partial charge in [0.15, 0.2) is 9.84 Å². The average Bonchev–Trinajstić information content (AvgIpc) is 2.34. The fourth-order valence-electron chi connectivity index (χ4n) is 1.71. The van der Waals surface area contributed by atoms with Gasteiger partial charge in [-0.05, 0) is 31.0 Å². The SMILES string of the molecule is CCCOCCS(=O)(=O)c1cccc(C(=O)O)c1C. The highest BCUT2D eigenvalue weighted by atomic mass is 32.2. The van der Waals surface area contributed by atoms with E-state index in [9.17, 15) is 13.2 Å². The summed E-state index contributed by atoms with van der Waals surface area (Å²) in [4.78, 5) is 11.0. The van der Waals surface area contributed by atoms with Gasteiger partial charge in [0.25, 0.3) is 0 Å². The lowest BCUT2D eigenvalue weighted by atomic mass is 10.1. The summed E-state index contributed by atoms with van der Waals surface area (Å²) in [5.74, 6) is -1.27. The highest BCUT2D eigenvalue weighted by molar-refractivity contribution is 7.91. The van der Waals surface area contributed by atoms with Gasteiger partial charge in [0.2, 0.25) is 0 Å². The number of hydrogen-bond donors (Lipinski definition) is 1. The number of aromatic carboxylic acids is 1. The number of hydrogen-bond acceptors (Lipinski definition) is 4. The smallest absolute Gasteiger partial charge is 0.335 e. The molecular formula is C13H18O5S. The number of carboxylic acid groups (broad SMARTS) is 1. The Morgan fingerprint density at radius 3 is 2.58 bits per heavy atom. The minimum Gasteiger partial charge on any atom is -0.478 e. The van der Waals surface area contributed by atoms with Gasteiger partial charge in [-0.3, -0.25) is 0 Å². The molecule has 0 aromatic heterocycles. The molecule has 0 aliphatic carbocycles. The van der Waals surface area contributed by atoms with Crippen LogP contribution >= 0.6 is 0 Å². The molecule has 6 heteroatoms. The van der Waals surface area contributed by atoms with Crippen molar-refractivity contribution < 1.29 is 23.1 Å². The quantitative estimate of drug-likeness (QED) is 0.774. The predicted octanol–water partition coefficient (Wildman–Crippen LogP) is 1.89. The molecule has 0 radical (unpaired) electrons. The summed E-state index contributed by atoms with van der Waals surface area (Å²) < 4.78 is 29.4. The third kappa shape index (κ3) is 4.04. The molecule has 0 saturated carbocycles. The molecule has 0 unspecified atom stereocenters. The molecule has 1 rings (SSSR count). The van der Waals surface area contributed by atoms with Crippen molar-refractivity contribution in [2.75, 3.05) is 19.0 Å². The van der Waals surface area contributed by atoms with Crippen LogP contribution < -0.4 is 0 Å². The standard InChI is InChI=1S/C13H18O5S/c1-3-7-18-8-9-19(16,17)12-6-4-5-11(10(12)2)13(14)15/h4-6H,3,7-9H2,1-2H3,(H,14,15). The van der Waals surface area contributed by atoms with Gasteiger partial charge < -0.3 is 9.84 Å². The Labute approximate surface area is 113 Å². The van der Waals surface area contributed by atoms with E-state index in [1.165, 1.54) is 25.1 Å². The molecule has 0 amide bonds. The van der Waals surface area contributed by atoms with Crippen molar-refractivity contribution in [3.05, 3.63) is 29.3 Å². The van der Waals surface area contributed by atoms with E-state index in [0.717, 1.165) is 6.42 Å². The van der Waals surface area contributed by atoms with Crippen LogP contribution in [0.15, 0.2) is 23.1 Å². The summed E-state index contributed by atoms with van der Waals surface area (Å²) in [6, 6.07) is 4.26. The van der Waals surface area contributed by atoms with Gasteiger partial charge in [-0.2, -0.15) is 0 Å². The van der Waals surface area contributed by atoms with Gasteiger partial charge >= 0.3 is 5.97 Å². The first kappa shape index (κ1) is 15.7. The normalized spacial score (nSPS) is 11.5. The van der Waals surface area contributed by atoms with Gasteiger partial charge in [-0.25, -0.2) is 13.2 Å². The van der Waals surface area contributed by atoms with Crippen LogP contribution in [0.1, 0.15) is 29.3 Å². The molecule has 1 aromatic rings. The second kappa shape index (κ2) is 6.68. The van der Waals surface area contributed by atoms with Gasteiger partial charge in [-0.1, -0.05) is 13.0 Å². The van der Waals surface area contributed by atoms with Crippen LogP contribution in [0.4, 0.5) is 0 Å². The van der Waals surface area contributed by atoms with Crippen LogP contribution in [0, 0.1) is 6.92 Å². The molecule has 0 aliphatic rings. The second-order valence-corrected chi connectivity index (χ2v) is 6.24. The Kier molecular flexibility index (Phi) is 5.50. The number of benzene rings is 1. The highest BCUT2D eigenvalue weighted by Crippen LogP contribution is 2.20. The molecule has 0 atom stereocenters. The van der Waals surface area contributed by atoms with Crippen LogP contribution in [0.3, 0.4) is 0 Å². The monoisotopic (exact) mass is 286 g/mol. The molecule has 0 bridgehead atoms. The molecule has 1 N–H and O–H groups in total. The molecule has 106 valence electrons. The molecule has 0 spiro atoms. The lowest BCUT2D eigenvalue weighted by molar-refractivity contribution is 0.0696. The van der Waals surface area contributed by atoms with Gasteiger partial charge in [0.05, 0.1) is 22.8 Å². The lowest BCUT2D eigenvalue weighted by Crippen LogP contribution is -2.15. The number of sulfone groups is 1. The molecule has 19 heavy (non-hydrogen) atoms. The maximum atomic E-state index is 12.1. The van der Waals surface area contributed by atoms with E-state index < -0.39 is 15.8 Å². The number of carboxylic acids is 1. The minimum absolute atomic E-state index is 0.00977. The summed E-state index contributed by atoms with van der Waals surface area (Å²) in [5.41, 5.74) is 0.279. The van der Waals surface area contributed by atoms with Crippen molar-refractivity contribution in [2.45, 2.75) is 25.2 Å². The summed E-state index contributed by atoms with van der Waals surface area (Å²) in [6.45, 7) is 4.08. The number of rotatable bonds is 7. The highest BCUT2D eigenvalue weighted by Gasteiger charge is 2.20. The third-order valence-electron chi connectivity index (χ3n) is 2.69. The zero-order valence-corrected chi connectivity index (χ0v) is 11.9. The predicted molar refractivity (Wildman–Crippen MR) is 71.3 cm³/mol. The molecule has 5 nitrogen and oxygen atoms in total. The molecule has 1 aromatic carbocycles. The Hall–Kier alpha value is -1.40. The zero-order valence-electron chi connectivity index (χ0n) is 11.0. The zero-order chi connectivity index (χ0) is 14.5. The van der Waals surface area contributed by atoms with E-state index in [1.54, 1.807) is 0 Å². The molecular weight excluding hydrogens is 268 g/mol. The summed E-state index contributed by atoms with van der Waals surface area (Å²) >= 11 is 0. The summed E-state index contributed by atoms with van der Waals surface area (Å²) in [6.07, 6.45) is 0.827. The van der Waals surface area contributed by atoms with Crippen LogP contribution in [-0.4, -0.2) is 38.5 Å². The van der Waals surface area contributed by atoms with E-state index in [2.05, 4.69) is 0 Å². The van der Waals surface area contributed by atoms with Crippen molar-refractivity contribution in [2.24, 2.45) is 0 Å². The third-order valence-corrected chi connectivity index (χ3v) is 4.51. The van der Waals surface area contributed by atoms with Crippen molar-refractivity contribution in [3.8, 4) is 0 Å². The van der Waals surface area contributed by atoms with E-state index in [1.807, 2.05) is 6.92 Å². The van der Waals surface area contributed by atoms with Gasteiger partial charge in [-0.15, -0.1) is 0 Å². The van der Waals surface area contributed by atoms with Gasteiger partial charge in [0.1, 0.15) is 0 Å². The molecule has 0 heterocycles. The average molecular weight is 286 g/mol. The topological polar surface area (TPSA) is 80.7 Å². The van der Waals surface area contributed by atoms with Crippen molar-refractivity contribution in [3.63, 3.8) is 0 Å². The van der Waals surface area contributed by atoms with E-state index in [-0.39, 0.29) is 28.4 Å². The Bertz CT molecular complexity index is 548. The first-order valence-electron chi connectivity index (χ1n) is 6.03. The molecule has 0 fully saturated rings. The first-order valence-corrected chi connectivity index (χ1v) is 7.68. The van der Waals surface area contributed by atoms with Crippen molar-refractivity contribution in [1.82, 2.24) is 0 Å². The Balaban J connectivity index is 2.96. The van der Waals surface area contributed by atoms with Crippen molar-refractivity contribution >= 4 is 15.8 Å². The van der Waals surface area contributed by atoms with E-state index in [4.69, 9.17) is 9.84 Å². The maximum Gasteiger partial charge on any atom is 0.335 e. The Morgan fingerprint density at radius 2 is 2.00 bits per heavy atom. The first-order chi connectivity index (χ1) is 8.90. The van der Waals surface area contributed by atoms with Crippen molar-refractivity contribution in [1.29, 1.82) is 0 Å². The van der Waals surface area contributed by atoms with Gasteiger partial charge in [0, 0.05) is 6.61 Å².